The van der Waals surface area contributed by atoms with Crippen LogP contribution in [-0.2, 0) is 11.0 Å². The van der Waals surface area contributed by atoms with Gasteiger partial charge < -0.3 is 10.7 Å². The van der Waals surface area contributed by atoms with E-state index in [1.54, 1.807) is 23.7 Å². The molecular formula is C19H15F4N5OS. The fraction of sp³-hybridized carbons (Fsp3) is 0.211. The molecule has 1 aliphatic rings. The van der Waals surface area contributed by atoms with Crippen LogP contribution in [-0.4, -0.2) is 26.0 Å². The molecule has 2 heterocycles. The maximum Gasteiger partial charge on any atom is 0.416 e. The molecule has 11 heteroatoms. The number of hydrogen-bond donors (Lipinski definition) is 2. The lowest BCUT2D eigenvalue weighted by Crippen LogP contribution is -2.41. The molecule has 0 unspecified atom stereocenters. The van der Waals surface area contributed by atoms with Gasteiger partial charge in [0.1, 0.15) is 16.9 Å². The van der Waals surface area contributed by atoms with E-state index in [0.717, 1.165) is 23.9 Å². The number of nitrogens with one attached hydrogen (secondary N) is 2. The van der Waals surface area contributed by atoms with Crippen LogP contribution in [0.15, 0.2) is 53.7 Å². The molecule has 6 nitrogen and oxygen atoms in total. The Hall–Kier alpha value is -3.08. The third-order valence-electron chi connectivity index (χ3n) is 4.54. The molecule has 156 valence electrons. The van der Waals surface area contributed by atoms with Crippen molar-refractivity contribution in [2.24, 2.45) is 0 Å². The summed E-state index contributed by atoms with van der Waals surface area (Å²) in [4.78, 5) is 13.0. The summed E-state index contributed by atoms with van der Waals surface area (Å²) in [7, 11) is 0. The number of benzene rings is 2. The summed E-state index contributed by atoms with van der Waals surface area (Å²) in [5, 5.41) is 10.2. The summed E-state index contributed by atoms with van der Waals surface area (Å²) in [6, 6.07) is 9.46. The fourth-order valence-electron chi connectivity index (χ4n) is 3.07. The fourth-order valence-corrected chi connectivity index (χ4v) is 4.19. The first-order valence-corrected chi connectivity index (χ1v) is 9.69. The number of carbonyl (C=O) groups is 1. The van der Waals surface area contributed by atoms with E-state index in [9.17, 15) is 22.4 Å². The number of anilines is 1. The van der Waals surface area contributed by atoms with Gasteiger partial charge in [0.2, 0.25) is 11.1 Å². The Morgan fingerprint density at radius 3 is 2.60 bits per heavy atom. The van der Waals surface area contributed by atoms with Crippen LogP contribution >= 0.6 is 11.8 Å². The van der Waals surface area contributed by atoms with Crippen LogP contribution < -0.4 is 10.7 Å². The van der Waals surface area contributed by atoms with Crippen molar-refractivity contribution in [3.8, 4) is 0 Å². The lowest BCUT2D eigenvalue weighted by Gasteiger charge is -2.32. The first-order chi connectivity index (χ1) is 14.2. The predicted molar refractivity (Wildman–Crippen MR) is 103 cm³/mol. The Bertz CT molecular complexity index is 1080. The Morgan fingerprint density at radius 2 is 1.90 bits per heavy atom. The molecule has 4 rings (SSSR count). The summed E-state index contributed by atoms with van der Waals surface area (Å²) in [6.07, 6.45) is -4.52. The number of nitrogens with zero attached hydrogens (tertiary/aromatic N) is 3. The molecule has 0 fully saturated rings. The van der Waals surface area contributed by atoms with Gasteiger partial charge in [-0.15, -0.1) is 10.2 Å². The molecule has 0 aliphatic carbocycles. The van der Waals surface area contributed by atoms with Gasteiger partial charge in [0.25, 0.3) is 0 Å². The number of alkyl halides is 3. The number of aryl methyl sites for hydroxylation is 1. The molecule has 0 bridgehead atoms. The zero-order valence-electron chi connectivity index (χ0n) is 15.4. The van der Waals surface area contributed by atoms with Crippen LogP contribution in [0.25, 0.3) is 0 Å². The van der Waals surface area contributed by atoms with E-state index < -0.39 is 34.8 Å². The van der Waals surface area contributed by atoms with Crippen LogP contribution in [0.5, 0.6) is 0 Å². The second-order valence-electron chi connectivity index (χ2n) is 6.63. The summed E-state index contributed by atoms with van der Waals surface area (Å²) in [5.74, 6) is -0.372. The Labute approximate surface area is 172 Å². The molecule has 2 N–H and O–H groups in total. The molecule has 0 saturated carbocycles. The average molecular weight is 437 g/mol. The molecule has 3 aromatic rings. The number of fused-ring (bicyclic) bond motifs is 1. The maximum absolute atomic E-state index is 13.4. The molecule has 0 spiro atoms. The largest absolute Gasteiger partial charge is 0.416 e. The van der Waals surface area contributed by atoms with Crippen LogP contribution in [0, 0.1) is 12.7 Å². The standard InChI is InChI=1S/C19H15F4N5OS/c1-10-25-26-18-28(10)27-15(11-5-7-13(20)8-6-11)16(30-18)17(29)24-14-4-2-3-12(9-14)19(21,22)23/h2-9,15-16,27H,1H3,(H,24,29)/t15-,16+/m0/s1. The van der Waals surface area contributed by atoms with E-state index in [1.165, 1.54) is 24.3 Å². The highest BCUT2D eigenvalue weighted by Crippen LogP contribution is 2.38. The summed E-state index contributed by atoms with van der Waals surface area (Å²) in [5.41, 5.74) is 2.94. The van der Waals surface area contributed by atoms with Gasteiger partial charge in [-0.1, -0.05) is 30.0 Å². The second-order valence-corrected chi connectivity index (χ2v) is 7.74. The van der Waals surface area contributed by atoms with Crippen molar-refractivity contribution in [3.63, 3.8) is 0 Å². The van der Waals surface area contributed by atoms with Crippen molar-refractivity contribution in [2.45, 2.75) is 29.5 Å². The molecule has 0 saturated heterocycles. The molecule has 1 aliphatic heterocycles. The van der Waals surface area contributed by atoms with E-state index in [2.05, 4.69) is 20.9 Å². The minimum atomic E-state index is -4.52. The molecule has 0 radical (unpaired) electrons. The quantitative estimate of drug-likeness (QED) is 0.603. The van der Waals surface area contributed by atoms with Gasteiger partial charge in [-0.25, -0.2) is 9.07 Å². The molecule has 30 heavy (non-hydrogen) atoms. The number of aromatic nitrogens is 3. The lowest BCUT2D eigenvalue weighted by molar-refractivity contribution is -0.137. The van der Waals surface area contributed by atoms with Crippen molar-refractivity contribution >= 4 is 23.4 Å². The third-order valence-corrected chi connectivity index (χ3v) is 5.76. The Balaban J connectivity index is 1.64. The minimum Gasteiger partial charge on any atom is -0.325 e. The Morgan fingerprint density at radius 1 is 1.17 bits per heavy atom. The smallest absolute Gasteiger partial charge is 0.325 e. The molecule has 2 aromatic carbocycles. The van der Waals surface area contributed by atoms with Crippen molar-refractivity contribution in [1.29, 1.82) is 0 Å². The topological polar surface area (TPSA) is 71.8 Å². The maximum atomic E-state index is 13.4. The van der Waals surface area contributed by atoms with E-state index >= 15 is 0 Å². The van der Waals surface area contributed by atoms with Crippen molar-refractivity contribution in [2.75, 3.05) is 10.7 Å². The van der Waals surface area contributed by atoms with Crippen molar-refractivity contribution in [1.82, 2.24) is 14.9 Å². The SMILES string of the molecule is Cc1nnc2n1N[C@@H](c1ccc(F)cc1)[C@H](C(=O)Nc1cccc(C(F)(F)F)c1)S2. The van der Waals surface area contributed by atoms with Crippen LogP contribution in [0.4, 0.5) is 23.2 Å². The van der Waals surface area contributed by atoms with Crippen LogP contribution in [0.2, 0.25) is 0 Å². The van der Waals surface area contributed by atoms with Gasteiger partial charge in [0, 0.05) is 5.69 Å². The molecular weight excluding hydrogens is 422 g/mol. The summed E-state index contributed by atoms with van der Waals surface area (Å²) < 4.78 is 53.9. The monoisotopic (exact) mass is 437 g/mol. The van der Waals surface area contributed by atoms with Gasteiger partial charge >= 0.3 is 6.18 Å². The number of carbonyl (C=O) groups excluding carboxylic acids is 1. The minimum absolute atomic E-state index is 0.0245. The lowest BCUT2D eigenvalue weighted by atomic mass is 10.0. The van der Waals surface area contributed by atoms with E-state index in [4.69, 9.17) is 0 Å². The van der Waals surface area contributed by atoms with Gasteiger partial charge in [-0.3, -0.25) is 4.79 Å². The van der Waals surface area contributed by atoms with E-state index in [1.807, 2.05) is 0 Å². The second kappa shape index (κ2) is 7.63. The van der Waals surface area contributed by atoms with E-state index in [0.29, 0.717) is 16.5 Å². The highest BCUT2D eigenvalue weighted by Gasteiger charge is 2.38. The highest BCUT2D eigenvalue weighted by molar-refractivity contribution is 8.00. The highest BCUT2D eigenvalue weighted by atomic mass is 32.2. The average Bonchev–Trinajstić information content (AvgIpc) is 3.07. The van der Waals surface area contributed by atoms with Gasteiger partial charge in [0.05, 0.1) is 11.6 Å². The number of thioether (sulfide) groups is 1. The molecule has 1 amide bonds. The zero-order chi connectivity index (χ0) is 21.5. The zero-order valence-corrected chi connectivity index (χ0v) is 16.3. The van der Waals surface area contributed by atoms with Crippen molar-refractivity contribution < 1.29 is 22.4 Å². The van der Waals surface area contributed by atoms with Crippen molar-refractivity contribution in [3.05, 3.63) is 71.3 Å². The third kappa shape index (κ3) is 3.97. The number of halogens is 4. The van der Waals surface area contributed by atoms with Gasteiger partial charge in [-0.2, -0.15) is 13.2 Å². The molecule has 1 aromatic heterocycles. The summed E-state index contributed by atoms with van der Waals surface area (Å²) >= 11 is 1.12. The Kier molecular flexibility index (Phi) is 5.14. The normalized spacial score (nSPS) is 18.4. The number of amides is 1. The van der Waals surface area contributed by atoms with Gasteiger partial charge in [0.15, 0.2) is 0 Å². The predicted octanol–water partition coefficient (Wildman–Crippen LogP) is 4.14. The van der Waals surface area contributed by atoms with Gasteiger partial charge in [-0.05, 0) is 42.8 Å². The first-order valence-electron chi connectivity index (χ1n) is 8.81. The first kappa shape index (κ1) is 20.2. The molecule has 2 atom stereocenters. The van der Waals surface area contributed by atoms with Crippen LogP contribution in [0.1, 0.15) is 23.0 Å². The number of hydrogen-bond acceptors (Lipinski definition) is 5. The number of rotatable bonds is 3. The van der Waals surface area contributed by atoms with E-state index in [-0.39, 0.29) is 5.69 Å². The summed E-state index contributed by atoms with van der Waals surface area (Å²) in [6.45, 7) is 1.73. The van der Waals surface area contributed by atoms with Crippen LogP contribution in [0.3, 0.4) is 0 Å².